The van der Waals surface area contributed by atoms with Gasteiger partial charge >= 0.3 is 11.7 Å². The SMILES string of the molecule is C[C@@]1(c2ccc3ccccc3c2)NC(=O)N(Cc2cc(=O)oc3ccc4ccccc4c23)C1=O. The standard InChI is InChI=1S/C28H20N2O4/c1-28(21-12-10-17-6-2-3-8-19(17)14-21)26(32)30(27(33)29-28)16-20-15-24(31)34-23-13-11-18-7-4-5-9-22(18)25(20)23/h2-15H,16H2,1H3,(H,29,33)/t28-/m0/s1. The van der Waals surface area contributed by atoms with Gasteiger partial charge in [0.15, 0.2) is 0 Å². The molecule has 4 aromatic carbocycles. The molecule has 6 rings (SSSR count). The quantitative estimate of drug-likeness (QED) is 0.238. The van der Waals surface area contributed by atoms with Gasteiger partial charge in [0.05, 0.1) is 6.54 Å². The lowest BCUT2D eigenvalue weighted by Crippen LogP contribution is -2.40. The van der Waals surface area contributed by atoms with Crippen molar-refractivity contribution in [3.8, 4) is 0 Å². The van der Waals surface area contributed by atoms with Crippen LogP contribution in [0.15, 0.2) is 94.1 Å². The van der Waals surface area contributed by atoms with Crippen LogP contribution in [-0.4, -0.2) is 16.8 Å². The van der Waals surface area contributed by atoms with E-state index in [4.69, 9.17) is 4.42 Å². The van der Waals surface area contributed by atoms with Crippen molar-refractivity contribution in [3.05, 3.63) is 106 Å². The summed E-state index contributed by atoms with van der Waals surface area (Å²) in [4.78, 5) is 40.1. The van der Waals surface area contributed by atoms with E-state index in [0.717, 1.165) is 26.9 Å². The lowest BCUT2D eigenvalue weighted by atomic mass is 9.90. The van der Waals surface area contributed by atoms with Crippen LogP contribution in [0.5, 0.6) is 0 Å². The summed E-state index contributed by atoms with van der Waals surface area (Å²) in [5, 5.41) is 7.49. The molecule has 34 heavy (non-hydrogen) atoms. The Bertz CT molecular complexity index is 1700. The van der Waals surface area contributed by atoms with Gasteiger partial charge in [-0.25, -0.2) is 9.59 Å². The minimum Gasteiger partial charge on any atom is -0.423 e. The van der Waals surface area contributed by atoms with Crippen molar-refractivity contribution in [1.29, 1.82) is 0 Å². The minimum atomic E-state index is -1.21. The minimum absolute atomic E-state index is 0.0378. The van der Waals surface area contributed by atoms with Crippen molar-refractivity contribution < 1.29 is 14.0 Å². The number of nitrogens with one attached hydrogen (secondary N) is 1. The van der Waals surface area contributed by atoms with Crippen LogP contribution in [0.2, 0.25) is 0 Å². The Balaban J connectivity index is 1.44. The van der Waals surface area contributed by atoms with Crippen LogP contribution >= 0.6 is 0 Å². The third-order valence-corrected chi connectivity index (χ3v) is 6.64. The maximum Gasteiger partial charge on any atom is 0.336 e. The summed E-state index contributed by atoms with van der Waals surface area (Å²) < 4.78 is 5.42. The molecule has 0 spiro atoms. The molecule has 1 aromatic heterocycles. The van der Waals surface area contributed by atoms with Crippen molar-refractivity contribution in [1.82, 2.24) is 10.2 Å². The summed E-state index contributed by atoms with van der Waals surface area (Å²) in [5.41, 5.74) is -0.0461. The fourth-order valence-corrected chi connectivity index (χ4v) is 4.85. The first kappa shape index (κ1) is 20.2. The molecule has 1 N–H and O–H groups in total. The molecule has 1 aliphatic heterocycles. The van der Waals surface area contributed by atoms with Crippen LogP contribution in [0.1, 0.15) is 18.1 Å². The molecular formula is C28H20N2O4. The summed E-state index contributed by atoms with van der Waals surface area (Å²) >= 11 is 0. The van der Waals surface area contributed by atoms with Crippen LogP contribution in [0, 0.1) is 0 Å². The fourth-order valence-electron chi connectivity index (χ4n) is 4.85. The predicted molar refractivity (Wildman–Crippen MR) is 130 cm³/mol. The van der Waals surface area contributed by atoms with E-state index in [-0.39, 0.29) is 12.5 Å². The molecular weight excluding hydrogens is 428 g/mol. The maximum atomic E-state index is 13.6. The first-order valence-electron chi connectivity index (χ1n) is 11.0. The first-order valence-corrected chi connectivity index (χ1v) is 11.0. The highest BCUT2D eigenvalue weighted by Gasteiger charge is 2.49. The normalized spacial score (nSPS) is 18.2. The van der Waals surface area contributed by atoms with Crippen LogP contribution in [-0.2, 0) is 16.9 Å². The molecule has 2 heterocycles. The average Bonchev–Trinajstić information content (AvgIpc) is 3.07. The van der Waals surface area contributed by atoms with Crippen LogP contribution in [0.4, 0.5) is 4.79 Å². The molecule has 1 aliphatic rings. The zero-order chi connectivity index (χ0) is 23.4. The number of hydrogen-bond donors (Lipinski definition) is 1. The number of imide groups is 1. The molecule has 0 saturated carbocycles. The van der Waals surface area contributed by atoms with Crippen molar-refractivity contribution in [2.75, 3.05) is 0 Å². The third-order valence-electron chi connectivity index (χ3n) is 6.64. The van der Waals surface area contributed by atoms with E-state index in [2.05, 4.69) is 5.32 Å². The number of rotatable bonds is 3. The number of nitrogens with zero attached hydrogens (tertiary/aromatic N) is 1. The third kappa shape index (κ3) is 2.99. The molecule has 0 aliphatic carbocycles. The fraction of sp³-hybridized carbons (Fsp3) is 0.107. The topological polar surface area (TPSA) is 79.6 Å². The molecule has 0 radical (unpaired) electrons. The summed E-state index contributed by atoms with van der Waals surface area (Å²) in [5.74, 6) is -0.366. The van der Waals surface area contributed by atoms with Crippen LogP contribution in [0.25, 0.3) is 32.5 Å². The van der Waals surface area contributed by atoms with E-state index < -0.39 is 17.2 Å². The van der Waals surface area contributed by atoms with Gasteiger partial charge in [-0.1, -0.05) is 66.7 Å². The Morgan fingerprint density at radius 2 is 1.53 bits per heavy atom. The summed E-state index contributed by atoms with van der Waals surface area (Å²) in [6.07, 6.45) is 0. The smallest absolute Gasteiger partial charge is 0.336 e. The predicted octanol–water partition coefficient (Wildman–Crippen LogP) is 5.07. The Morgan fingerprint density at radius 1 is 0.824 bits per heavy atom. The van der Waals surface area contributed by atoms with Gasteiger partial charge in [-0.2, -0.15) is 0 Å². The van der Waals surface area contributed by atoms with Gasteiger partial charge < -0.3 is 9.73 Å². The first-order chi connectivity index (χ1) is 16.4. The zero-order valence-corrected chi connectivity index (χ0v) is 18.4. The second-order valence-corrected chi connectivity index (χ2v) is 8.76. The van der Waals surface area contributed by atoms with E-state index in [9.17, 15) is 14.4 Å². The van der Waals surface area contributed by atoms with E-state index >= 15 is 0 Å². The van der Waals surface area contributed by atoms with Crippen molar-refractivity contribution >= 4 is 44.5 Å². The van der Waals surface area contributed by atoms with Gasteiger partial charge in [0, 0.05) is 11.5 Å². The second kappa shape index (κ2) is 7.28. The number of fused-ring (bicyclic) bond motifs is 4. The molecule has 1 saturated heterocycles. The number of carbonyl (C=O) groups is 2. The number of carbonyl (C=O) groups excluding carboxylic acids is 2. The van der Waals surface area contributed by atoms with E-state index in [1.807, 2.05) is 72.8 Å². The van der Waals surface area contributed by atoms with Gasteiger partial charge in [0.25, 0.3) is 5.91 Å². The molecule has 0 bridgehead atoms. The highest BCUT2D eigenvalue weighted by atomic mass is 16.4. The van der Waals surface area contributed by atoms with Gasteiger partial charge in [0.1, 0.15) is 11.1 Å². The number of urea groups is 1. The Morgan fingerprint density at radius 3 is 2.35 bits per heavy atom. The molecule has 6 heteroatoms. The lowest BCUT2D eigenvalue weighted by molar-refractivity contribution is -0.131. The molecule has 1 atom stereocenters. The molecule has 5 aromatic rings. The van der Waals surface area contributed by atoms with E-state index in [0.29, 0.717) is 16.7 Å². The van der Waals surface area contributed by atoms with Gasteiger partial charge in [-0.05, 0) is 51.7 Å². The molecule has 6 nitrogen and oxygen atoms in total. The highest BCUT2D eigenvalue weighted by molar-refractivity contribution is 6.09. The van der Waals surface area contributed by atoms with Crippen molar-refractivity contribution in [2.24, 2.45) is 0 Å². The summed E-state index contributed by atoms with van der Waals surface area (Å²) in [7, 11) is 0. The van der Waals surface area contributed by atoms with Crippen molar-refractivity contribution in [2.45, 2.75) is 19.0 Å². The monoisotopic (exact) mass is 448 g/mol. The Labute approximate surface area is 194 Å². The largest absolute Gasteiger partial charge is 0.423 e. The van der Waals surface area contributed by atoms with Gasteiger partial charge in [0.2, 0.25) is 0 Å². The molecule has 166 valence electrons. The second-order valence-electron chi connectivity index (χ2n) is 8.76. The van der Waals surface area contributed by atoms with E-state index in [1.165, 1.54) is 11.0 Å². The van der Waals surface area contributed by atoms with Crippen LogP contribution in [0.3, 0.4) is 0 Å². The zero-order valence-electron chi connectivity index (χ0n) is 18.4. The average molecular weight is 448 g/mol. The maximum absolute atomic E-state index is 13.6. The molecule has 1 fully saturated rings. The van der Waals surface area contributed by atoms with Gasteiger partial charge in [-0.3, -0.25) is 9.69 Å². The number of amides is 3. The molecule has 3 amide bonds. The van der Waals surface area contributed by atoms with E-state index in [1.54, 1.807) is 13.0 Å². The van der Waals surface area contributed by atoms with Crippen LogP contribution < -0.4 is 10.9 Å². The molecule has 0 unspecified atom stereocenters. The summed E-state index contributed by atoms with van der Waals surface area (Å²) in [6.45, 7) is 1.67. The highest BCUT2D eigenvalue weighted by Crippen LogP contribution is 2.33. The summed E-state index contributed by atoms with van der Waals surface area (Å²) in [6, 6.07) is 25.8. The van der Waals surface area contributed by atoms with Gasteiger partial charge in [-0.15, -0.1) is 0 Å². The number of hydrogen-bond acceptors (Lipinski definition) is 4. The Kier molecular flexibility index (Phi) is 4.32. The Hall–Kier alpha value is -4.45. The lowest BCUT2D eigenvalue weighted by Gasteiger charge is -2.23. The number of benzene rings is 4. The van der Waals surface area contributed by atoms with Crippen molar-refractivity contribution in [3.63, 3.8) is 0 Å².